The summed E-state index contributed by atoms with van der Waals surface area (Å²) in [7, 11) is 0. The predicted octanol–water partition coefficient (Wildman–Crippen LogP) is 2.73. The molecule has 0 bridgehead atoms. The second-order valence-electron chi connectivity index (χ2n) is 4.68. The van der Waals surface area contributed by atoms with E-state index in [1.54, 1.807) is 32.0 Å². The molecule has 2 rings (SSSR count). The van der Waals surface area contributed by atoms with Gasteiger partial charge in [0, 0.05) is 12.3 Å². The number of hydrogen-bond donors (Lipinski definition) is 2. The Morgan fingerprint density at radius 3 is 2.74 bits per heavy atom. The molecule has 1 unspecified atom stereocenters. The van der Waals surface area contributed by atoms with Gasteiger partial charge in [0.1, 0.15) is 11.6 Å². The quantitative estimate of drug-likeness (QED) is 0.827. The minimum absolute atomic E-state index is 0.122. The average molecular weight is 355 g/mol. The number of nitrogens with one attached hydrogen (secondary N) is 2. The molecule has 1 atom stereocenters. The maximum atomic E-state index is 12.0. The van der Waals surface area contributed by atoms with E-state index < -0.39 is 5.25 Å². The van der Waals surface area contributed by atoms with Crippen LogP contribution in [0, 0.1) is 6.92 Å². The summed E-state index contributed by atoms with van der Waals surface area (Å²) in [5.41, 5.74) is 0. The van der Waals surface area contributed by atoms with Crippen molar-refractivity contribution in [3.05, 3.63) is 35.2 Å². The minimum atomic E-state index is -0.420. The third-order valence-corrected chi connectivity index (χ3v) is 4.07. The van der Waals surface area contributed by atoms with Gasteiger partial charge in [-0.25, -0.2) is 4.98 Å². The molecule has 0 aromatic carbocycles. The third kappa shape index (κ3) is 5.57. The Bertz CT molecular complexity index is 690. The fraction of sp³-hybridized carbons (Fsp3) is 0.286. The Balaban J connectivity index is 1.76. The van der Waals surface area contributed by atoms with Crippen molar-refractivity contribution in [1.82, 2.24) is 10.1 Å². The van der Waals surface area contributed by atoms with Crippen LogP contribution >= 0.6 is 23.4 Å². The molecule has 122 valence electrons. The number of amides is 2. The molecule has 0 fully saturated rings. The Morgan fingerprint density at radius 2 is 2.13 bits per heavy atom. The highest BCUT2D eigenvalue weighted by Crippen LogP contribution is 2.15. The van der Waals surface area contributed by atoms with E-state index in [1.165, 1.54) is 18.0 Å². The first kappa shape index (κ1) is 17.3. The van der Waals surface area contributed by atoms with Crippen molar-refractivity contribution in [1.29, 1.82) is 0 Å². The zero-order valence-corrected chi connectivity index (χ0v) is 14.1. The van der Waals surface area contributed by atoms with Crippen LogP contribution in [-0.4, -0.2) is 33.0 Å². The van der Waals surface area contributed by atoms with Crippen LogP contribution < -0.4 is 10.6 Å². The first-order valence-corrected chi connectivity index (χ1v) is 8.14. The fourth-order valence-corrected chi connectivity index (χ4v) is 2.35. The highest BCUT2D eigenvalue weighted by Gasteiger charge is 2.17. The van der Waals surface area contributed by atoms with Gasteiger partial charge in [-0.15, -0.1) is 11.8 Å². The number of carbonyl (C=O) groups excluding carboxylic acids is 2. The van der Waals surface area contributed by atoms with E-state index in [9.17, 15) is 9.59 Å². The zero-order valence-electron chi connectivity index (χ0n) is 12.5. The van der Waals surface area contributed by atoms with E-state index in [4.69, 9.17) is 16.1 Å². The number of nitrogens with zero attached hydrogens (tertiary/aromatic N) is 2. The molecule has 7 nitrogen and oxygen atoms in total. The molecule has 0 radical (unpaired) electrons. The SMILES string of the molecule is Cc1cc(NC(=O)C(C)SCC(=O)Nc2ccc(Cl)cn2)no1. The van der Waals surface area contributed by atoms with Gasteiger partial charge in [-0.2, -0.15) is 0 Å². The largest absolute Gasteiger partial charge is 0.360 e. The van der Waals surface area contributed by atoms with Crippen LogP contribution in [0.15, 0.2) is 28.9 Å². The number of aromatic nitrogens is 2. The Labute approximate surface area is 142 Å². The molecule has 23 heavy (non-hydrogen) atoms. The molecular formula is C14H15ClN4O3S. The molecule has 0 saturated heterocycles. The summed E-state index contributed by atoms with van der Waals surface area (Å²) in [5.74, 6) is 0.999. The Hall–Kier alpha value is -2.06. The van der Waals surface area contributed by atoms with Gasteiger partial charge in [0.25, 0.3) is 0 Å². The predicted molar refractivity (Wildman–Crippen MR) is 89.7 cm³/mol. The van der Waals surface area contributed by atoms with Crippen molar-refractivity contribution < 1.29 is 14.1 Å². The van der Waals surface area contributed by atoms with Gasteiger partial charge in [-0.05, 0) is 26.0 Å². The van der Waals surface area contributed by atoms with E-state index in [0.717, 1.165) is 0 Å². The van der Waals surface area contributed by atoms with E-state index in [0.29, 0.717) is 22.4 Å². The normalized spacial score (nSPS) is 11.8. The van der Waals surface area contributed by atoms with Crippen molar-refractivity contribution in [3.63, 3.8) is 0 Å². The lowest BCUT2D eigenvalue weighted by Crippen LogP contribution is -2.25. The smallest absolute Gasteiger partial charge is 0.238 e. The maximum Gasteiger partial charge on any atom is 0.238 e. The minimum Gasteiger partial charge on any atom is -0.360 e. The van der Waals surface area contributed by atoms with Crippen LogP contribution in [0.25, 0.3) is 0 Å². The number of thioether (sulfide) groups is 1. The number of anilines is 2. The molecule has 2 aromatic heterocycles. The summed E-state index contributed by atoms with van der Waals surface area (Å²) < 4.78 is 4.87. The van der Waals surface area contributed by atoms with E-state index >= 15 is 0 Å². The molecule has 2 N–H and O–H groups in total. The lowest BCUT2D eigenvalue weighted by molar-refractivity contribution is -0.115. The molecule has 2 amide bonds. The molecule has 0 saturated carbocycles. The van der Waals surface area contributed by atoms with Gasteiger partial charge >= 0.3 is 0 Å². The summed E-state index contributed by atoms with van der Waals surface area (Å²) in [6.45, 7) is 3.44. The zero-order chi connectivity index (χ0) is 16.8. The van der Waals surface area contributed by atoms with Gasteiger partial charge in [-0.1, -0.05) is 16.8 Å². The second-order valence-corrected chi connectivity index (χ2v) is 6.44. The number of carbonyl (C=O) groups is 2. The summed E-state index contributed by atoms with van der Waals surface area (Å²) in [4.78, 5) is 27.7. The van der Waals surface area contributed by atoms with Crippen LogP contribution in [0.1, 0.15) is 12.7 Å². The third-order valence-electron chi connectivity index (χ3n) is 2.71. The van der Waals surface area contributed by atoms with Crippen LogP contribution in [0.2, 0.25) is 5.02 Å². The summed E-state index contributed by atoms with van der Waals surface area (Å²) in [5, 5.41) is 9.00. The van der Waals surface area contributed by atoms with Crippen molar-refractivity contribution in [2.75, 3.05) is 16.4 Å². The number of aryl methyl sites for hydroxylation is 1. The van der Waals surface area contributed by atoms with Crippen LogP contribution in [0.3, 0.4) is 0 Å². The van der Waals surface area contributed by atoms with E-state index in [-0.39, 0.29) is 17.6 Å². The van der Waals surface area contributed by atoms with Gasteiger partial charge < -0.3 is 15.2 Å². The van der Waals surface area contributed by atoms with Crippen molar-refractivity contribution in [3.8, 4) is 0 Å². The van der Waals surface area contributed by atoms with E-state index in [2.05, 4.69) is 20.8 Å². The molecule has 9 heteroatoms. The van der Waals surface area contributed by atoms with Crippen molar-refractivity contribution >= 4 is 46.8 Å². The summed E-state index contributed by atoms with van der Waals surface area (Å²) in [6.07, 6.45) is 1.44. The van der Waals surface area contributed by atoms with E-state index in [1.807, 2.05) is 0 Å². The first-order chi connectivity index (χ1) is 10.9. The van der Waals surface area contributed by atoms with Crippen LogP contribution in [0.4, 0.5) is 11.6 Å². The van der Waals surface area contributed by atoms with Gasteiger partial charge in [0.2, 0.25) is 11.8 Å². The average Bonchev–Trinajstić information content (AvgIpc) is 2.92. The molecule has 0 spiro atoms. The second kappa shape index (κ2) is 7.98. The maximum absolute atomic E-state index is 12.0. The molecule has 2 heterocycles. The highest BCUT2D eigenvalue weighted by molar-refractivity contribution is 8.01. The Morgan fingerprint density at radius 1 is 1.35 bits per heavy atom. The highest BCUT2D eigenvalue weighted by atomic mass is 35.5. The molecule has 0 aliphatic carbocycles. The summed E-state index contributed by atoms with van der Waals surface area (Å²) >= 11 is 6.92. The number of pyridine rings is 1. The molecule has 2 aromatic rings. The summed E-state index contributed by atoms with van der Waals surface area (Å²) in [6, 6.07) is 4.86. The van der Waals surface area contributed by atoms with Gasteiger partial charge in [0.15, 0.2) is 5.82 Å². The number of hydrogen-bond acceptors (Lipinski definition) is 6. The molecular weight excluding hydrogens is 340 g/mol. The molecule has 0 aliphatic heterocycles. The topological polar surface area (TPSA) is 97.1 Å². The van der Waals surface area contributed by atoms with Crippen LogP contribution in [0.5, 0.6) is 0 Å². The standard InChI is InChI=1S/C14H15ClN4O3S/c1-8-5-12(19-22-8)18-14(21)9(2)23-7-13(20)17-11-4-3-10(15)6-16-11/h3-6,9H,7H2,1-2H3,(H,16,17,20)(H,18,19,21). The van der Waals surface area contributed by atoms with Crippen LogP contribution in [-0.2, 0) is 9.59 Å². The lowest BCUT2D eigenvalue weighted by Gasteiger charge is -2.10. The van der Waals surface area contributed by atoms with Gasteiger partial charge in [-0.3, -0.25) is 9.59 Å². The van der Waals surface area contributed by atoms with Crippen molar-refractivity contribution in [2.24, 2.45) is 0 Å². The number of halogens is 1. The van der Waals surface area contributed by atoms with Crippen molar-refractivity contribution in [2.45, 2.75) is 19.1 Å². The molecule has 0 aliphatic rings. The number of rotatable bonds is 6. The fourth-order valence-electron chi connectivity index (χ4n) is 1.56. The Kier molecular flexibility index (Phi) is 6.00. The first-order valence-electron chi connectivity index (χ1n) is 6.71. The lowest BCUT2D eigenvalue weighted by atomic mass is 10.4. The monoisotopic (exact) mass is 354 g/mol. The van der Waals surface area contributed by atoms with Gasteiger partial charge in [0.05, 0.1) is 16.0 Å².